The average molecular weight is 382 g/mol. The summed E-state index contributed by atoms with van der Waals surface area (Å²) in [5.41, 5.74) is -0.307. The molecule has 2 atom stereocenters. The van der Waals surface area contributed by atoms with Crippen LogP contribution in [0.15, 0.2) is 12.1 Å². The van der Waals surface area contributed by atoms with E-state index in [1.165, 1.54) is 6.92 Å². The second-order valence-electron chi connectivity index (χ2n) is 4.10. The maximum Gasteiger partial charge on any atom is 0.308 e. The first-order chi connectivity index (χ1) is 8.73. The Bertz CT molecular complexity index is 524. The smallest absolute Gasteiger partial charge is 0.308 e. The molecule has 0 saturated carbocycles. The zero-order valence-corrected chi connectivity index (χ0v) is 12.3. The topological polar surface area (TPSA) is 92.5 Å². The molecule has 2 N–H and O–H groups in total. The molecule has 2 unspecified atom stereocenters. The van der Waals surface area contributed by atoms with E-state index in [2.05, 4.69) is 5.32 Å². The highest BCUT2D eigenvalue weighted by molar-refractivity contribution is 14.1. The van der Waals surface area contributed by atoms with Gasteiger partial charge in [-0.05, 0) is 36.4 Å². The van der Waals surface area contributed by atoms with Crippen molar-refractivity contribution in [2.24, 2.45) is 5.92 Å². The molecule has 0 aromatic heterocycles. The zero-order chi connectivity index (χ0) is 14.7. The van der Waals surface area contributed by atoms with E-state index >= 15 is 0 Å². The van der Waals surface area contributed by atoms with Crippen molar-refractivity contribution in [2.45, 2.75) is 19.9 Å². The highest BCUT2D eigenvalue weighted by atomic mass is 127. The van der Waals surface area contributed by atoms with Gasteiger partial charge in [0.1, 0.15) is 11.5 Å². The van der Waals surface area contributed by atoms with Crippen LogP contribution in [0.1, 0.15) is 13.8 Å². The summed E-state index contributed by atoms with van der Waals surface area (Å²) in [5, 5.41) is 22.4. The number of halogens is 2. The van der Waals surface area contributed by atoms with Crippen molar-refractivity contribution in [2.75, 3.05) is 5.32 Å². The van der Waals surface area contributed by atoms with E-state index in [0.717, 1.165) is 12.1 Å². The largest absolute Gasteiger partial charge is 0.481 e. The molecule has 0 bridgehead atoms. The van der Waals surface area contributed by atoms with Gasteiger partial charge in [-0.25, -0.2) is 4.39 Å². The summed E-state index contributed by atoms with van der Waals surface area (Å²) < 4.78 is 13.6. The third-order valence-corrected chi connectivity index (χ3v) is 3.58. The molecule has 8 heteroatoms. The quantitative estimate of drug-likeness (QED) is 0.464. The van der Waals surface area contributed by atoms with Gasteiger partial charge in [-0.15, -0.1) is 0 Å². The first-order valence-electron chi connectivity index (χ1n) is 5.36. The van der Waals surface area contributed by atoms with E-state index < -0.39 is 28.7 Å². The minimum absolute atomic E-state index is 0.0245. The molecule has 0 radical (unpaired) electrons. The highest BCUT2D eigenvalue weighted by Crippen LogP contribution is 2.29. The molecule has 0 spiro atoms. The first kappa shape index (κ1) is 15.6. The minimum Gasteiger partial charge on any atom is -0.481 e. The van der Waals surface area contributed by atoms with Crippen LogP contribution in [0.4, 0.5) is 15.8 Å². The summed E-state index contributed by atoms with van der Waals surface area (Å²) in [6, 6.07) is 1.54. The Morgan fingerprint density at radius 2 is 2.11 bits per heavy atom. The molecule has 6 nitrogen and oxygen atoms in total. The molecule has 0 heterocycles. The molecular formula is C11H12FIN2O4. The van der Waals surface area contributed by atoms with Crippen molar-refractivity contribution >= 4 is 39.9 Å². The van der Waals surface area contributed by atoms with Crippen LogP contribution >= 0.6 is 22.6 Å². The van der Waals surface area contributed by atoms with Crippen LogP contribution in [0, 0.1) is 25.4 Å². The molecule has 0 saturated heterocycles. The lowest BCUT2D eigenvalue weighted by Gasteiger charge is -2.19. The van der Waals surface area contributed by atoms with Crippen LogP contribution in [0.2, 0.25) is 0 Å². The van der Waals surface area contributed by atoms with Crippen molar-refractivity contribution in [1.29, 1.82) is 0 Å². The molecule has 0 aliphatic heterocycles. The number of nitro groups is 1. The van der Waals surface area contributed by atoms with E-state index in [1.807, 2.05) is 0 Å². The van der Waals surface area contributed by atoms with E-state index in [9.17, 15) is 19.3 Å². The number of nitrogens with zero attached hydrogens (tertiary/aromatic N) is 1. The second kappa shape index (κ2) is 6.13. The standard InChI is InChI=1S/C11H12FIN2O4/c1-5(11(16)17)6(2)14-9-3-7(12)8(13)4-10(9)15(18)19/h3-6,14H,1-2H3,(H,16,17). The van der Waals surface area contributed by atoms with Crippen LogP contribution in [0.3, 0.4) is 0 Å². The molecule has 1 aromatic rings. The zero-order valence-electron chi connectivity index (χ0n) is 10.2. The van der Waals surface area contributed by atoms with E-state index in [1.54, 1.807) is 29.5 Å². The molecule has 104 valence electrons. The number of nitrogens with one attached hydrogen (secondary N) is 1. The fraction of sp³-hybridized carbons (Fsp3) is 0.364. The van der Waals surface area contributed by atoms with Crippen molar-refractivity contribution in [3.05, 3.63) is 31.6 Å². The Labute approximate surface area is 122 Å². The fourth-order valence-electron chi connectivity index (χ4n) is 1.39. The van der Waals surface area contributed by atoms with Crippen molar-refractivity contribution in [3.63, 3.8) is 0 Å². The van der Waals surface area contributed by atoms with E-state index in [4.69, 9.17) is 5.11 Å². The molecule has 0 fully saturated rings. The number of carbonyl (C=O) groups is 1. The van der Waals surface area contributed by atoms with Gasteiger partial charge in [0.15, 0.2) is 0 Å². The van der Waals surface area contributed by atoms with Gasteiger partial charge in [0.25, 0.3) is 5.69 Å². The van der Waals surface area contributed by atoms with Crippen molar-refractivity contribution in [1.82, 2.24) is 0 Å². The minimum atomic E-state index is -1.03. The van der Waals surface area contributed by atoms with Gasteiger partial charge in [0.2, 0.25) is 0 Å². The fourth-order valence-corrected chi connectivity index (χ4v) is 1.84. The summed E-state index contributed by atoms with van der Waals surface area (Å²) in [5.74, 6) is -2.39. The van der Waals surface area contributed by atoms with Crippen LogP contribution in [-0.4, -0.2) is 22.0 Å². The normalized spacial score (nSPS) is 13.7. The lowest BCUT2D eigenvalue weighted by Crippen LogP contribution is -2.30. The van der Waals surface area contributed by atoms with Crippen molar-refractivity contribution < 1.29 is 19.2 Å². The Morgan fingerprint density at radius 1 is 1.53 bits per heavy atom. The number of carboxylic acid groups (broad SMARTS) is 1. The van der Waals surface area contributed by atoms with Crippen molar-refractivity contribution in [3.8, 4) is 0 Å². The number of benzene rings is 1. The number of aliphatic carboxylic acids is 1. The SMILES string of the molecule is CC(Nc1cc(F)c(I)cc1[N+](=O)[O-])C(C)C(=O)O. The molecule has 19 heavy (non-hydrogen) atoms. The van der Waals surface area contributed by atoms with Gasteiger partial charge in [0.05, 0.1) is 14.4 Å². The molecule has 0 amide bonds. The van der Waals surface area contributed by atoms with Gasteiger partial charge in [-0.2, -0.15) is 0 Å². The number of carboxylic acids is 1. The van der Waals surface area contributed by atoms with Crippen LogP contribution in [0.5, 0.6) is 0 Å². The molecule has 0 aliphatic rings. The van der Waals surface area contributed by atoms with Crippen LogP contribution < -0.4 is 5.32 Å². The Hall–Kier alpha value is -1.45. The Balaban J connectivity index is 3.09. The third-order valence-electron chi connectivity index (χ3n) is 2.76. The van der Waals surface area contributed by atoms with E-state index in [0.29, 0.717) is 0 Å². The predicted octanol–water partition coefficient (Wildman–Crippen LogP) is 2.86. The predicted molar refractivity (Wildman–Crippen MR) is 75.7 cm³/mol. The van der Waals surface area contributed by atoms with Gasteiger partial charge >= 0.3 is 5.97 Å². The van der Waals surface area contributed by atoms with Crippen LogP contribution in [-0.2, 0) is 4.79 Å². The Morgan fingerprint density at radius 3 is 2.58 bits per heavy atom. The van der Waals surface area contributed by atoms with Gasteiger partial charge in [0, 0.05) is 18.2 Å². The average Bonchev–Trinajstić information content (AvgIpc) is 2.31. The lowest BCUT2D eigenvalue weighted by atomic mass is 10.0. The molecule has 1 rings (SSSR count). The summed E-state index contributed by atoms with van der Waals surface area (Å²) in [6.45, 7) is 3.03. The number of anilines is 1. The third kappa shape index (κ3) is 3.75. The molecular weight excluding hydrogens is 370 g/mol. The monoisotopic (exact) mass is 382 g/mol. The van der Waals surface area contributed by atoms with Gasteiger partial charge in [-0.1, -0.05) is 0 Å². The number of hydrogen-bond acceptors (Lipinski definition) is 4. The maximum absolute atomic E-state index is 13.4. The summed E-state index contributed by atoms with van der Waals surface area (Å²) in [7, 11) is 0. The summed E-state index contributed by atoms with van der Waals surface area (Å²) in [6.07, 6.45) is 0. The number of rotatable bonds is 5. The highest BCUT2D eigenvalue weighted by Gasteiger charge is 2.23. The van der Waals surface area contributed by atoms with E-state index in [-0.39, 0.29) is 14.9 Å². The first-order valence-corrected chi connectivity index (χ1v) is 6.44. The lowest BCUT2D eigenvalue weighted by molar-refractivity contribution is -0.384. The maximum atomic E-state index is 13.4. The summed E-state index contributed by atoms with van der Waals surface area (Å²) >= 11 is 1.66. The molecule has 0 aliphatic carbocycles. The van der Waals surface area contributed by atoms with Gasteiger partial charge < -0.3 is 10.4 Å². The summed E-state index contributed by atoms with van der Waals surface area (Å²) in [4.78, 5) is 21.1. The number of nitro benzene ring substituents is 1. The van der Waals surface area contributed by atoms with Crippen LogP contribution in [0.25, 0.3) is 0 Å². The van der Waals surface area contributed by atoms with Gasteiger partial charge in [-0.3, -0.25) is 14.9 Å². The number of hydrogen-bond donors (Lipinski definition) is 2. The Kier molecular flexibility index (Phi) is 5.04. The molecule has 1 aromatic carbocycles. The second-order valence-corrected chi connectivity index (χ2v) is 5.26.